The van der Waals surface area contributed by atoms with Gasteiger partial charge in [0.15, 0.2) is 0 Å². The Morgan fingerprint density at radius 2 is 2.36 bits per heavy atom. The second-order valence-corrected chi connectivity index (χ2v) is 6.03. The van der Waals surface area contributed by atoms with E-state index < -0.39 is 0 Å². The Morgan fingerprint density at radius 1 is 1.45 bits per heavy atom. The molecule has 1 aliphatic carbocycles. The molecule has 0 radical (unpaired) electrons. The molecule has 22 heavy (non-hydrogen) atoms. The number of benzene rings is 1. The summed E-state index contributed by atoms with van der Waals surface area (Å²) < 4.78 is 17.3. The Morgan fingerprint density at radius 3 is 3.09 bits per heavy atom. The minimum Gasteiger partial charge on any atom is -0.497 e. The van der Waals surface area contributed by atoms with Crippen LogP contribution >= 0.6 is 0 Å². The maximum absolute atomic E-state index is 5.94. The predicted octanol–water partition coefficient (Wildman–Crippen LogP) is 3.90. The smallest absolute Gasteiger partial charge is 0.228 e. The summed E-state index contributed by atoms with van der Waals surface area (Å²) >= 11 is 0. The number of allylic oxidation sites excluding steroid dienone is 4. The van der Waals surface area contributed by atoms with Crippen LogP contribution in [0.4, 0.5) is 0 Å². The van der Waals surface area contributed by atoms with E-state index in [2.05, 4.69) is 30.9 Å². The highest BCUT2D eigenvalue weighted by Crippen LogP contribution is 2.57. The van der Waals surface area contributed by atoms with Gasteiger partial charge < -0.3 is 14.2 Å². The summed E-state index contributed by atoms with van der Waals surface area (Å²) in [6, 6.07) is 6.02. The number of epoxide rings is 1. The molecule has 2 aliphatic heterocycles. The lowest BCUT2D eigenvalue weighted by Gasteiger charge is -2.39. The molecule has 0 N–H and O–H groups in total. The molecule has 1 aromatic rings. The van der Waals surface area contributed by atoms with E-state index in [1.807, 2.05) is 18.2 Å². The molecule has 3 atom stereocenters. The first-order valence-corrected chi connectivity index (χ1v) is 7.77. The normalized spacial score (nSPS) is 31.4. The number of hydrogen-bond donors (Lipinski definition) is 0. The van der Waals surface area contributed by atoms with Gasteiger partial charge in [-0.2, -0.15) is 0 Å². The van der Waals surface area contributed by atoms with Gasteiger partial charge in [0.2, 0.25) is 6.29 Å². The summed E-state index contributed by atoms with van der Waals surface area (Å²) in [7, 11) is 1.69. The van der Waals surface area contributed by atoms with Crippen LogP contribution in [0, 0.1) is 0 Å². The second-order valence-electron chi connectivity index (χ2n) is 6.03. The summed E-state index contributed by atoms with van der Waals surface area (Å²) in [5.41, 5.74) is 2.38. The van der Waals surface area contributed by atoms with Crippen molar-refractivity contribution in [3.63, 3.8) is 0 Å². The fourth-order valence-corrected chi connectivity index (χ4v) is 3.82. The third-order valence-electron chi connectivity index (χ3n) is 4.90. The lowest BCUT2D eigenvalue weighted by Crippen LogP contribution is -2.40. The quantitative estimate of drug-likeness (QED) is 0.623. The number of hydrogen-bond acceptors (Lipinski definition) is 3. The molecule has 4 rings (SSSR count). The van der Waals surface area contributed by atoms with E-state index in [9.17, 15) is 0 Å². The van der Waals surface area contributed by atoms with Crippen LogP contribution in [0.15, 0.2) is 54.7 Å². The number of fused-ring (bicyclic) bond motifs is 2. The standard InChI is InChI=1S/C19H20O3/c1-3-11-19(13-7-5-4-6-8-13)15-12-14(20-2)9-10-16(15)21-18-17(19)22-18/h3-5,7,9-10,12,17-18H,1,6,8,11H2,2H3/t17?,18-,19?/m0/s1. The van der Waals surface area contributed by atoms with Crippen molar-refractivity contribution in [2.24, 2.45) is 0 Å². The van der Waals surface area contributed by atoms with Crippen LogP contribution in [0.2, 0.25) is 0 Å². The molecule has 0 aromatic heterocycles. The van der Waals surface area contributed by atoms with Gasteiger partial charge in [0, 0.05) is 5.56 Å². The van der Waals surface area contributed by atoms with E-state index in [0.29, 0.717) is 0 Å². The van der Waals surface area contributed by atoms with E-state index in [4.69, 9.17) is 14.2 Å². The van der Waals surface area contributed by atoms with Crippen LogP contribution in [0.5, 0.6) is 11.5 Å². The molecule has 0 saturated carbocycles. The first kappa shape index (κ1) is 13.6. The van der Waals surface area contributed by atoms with Crippen molar-refractivity contribution < 1.29 is 14.2 Å². The van der Waals surface area contributed by atoms with E-state index in [0.717, 1.165) is 36.3 Å². The molecule has 1 saturated heterocycles. The van der Waals surface area contributed by atoms with Crippen LogP contribution in [0.1, 0.15) is 24.8 Å². The van der Waals surface area contributed by atoms with Gasteiger partial charge >= 0.3 is 0 Å². The van der Waals surface area contributed by atoms with E-state index in [-0.39, 0.29) is 17.8 Å². The third-order valence-corrected chi connectivity index (χ3v) is 4.90. The number of methoxy groups -OCH3 is 1. The minimum absolute atomic E-state index is 0.0721. The van der Waals surface area contributed by atoms with Gasteiger partial charge in [0.05, 0.1) is 12.5 Å². The predicted molar refractivity (Wildman–Crippen MR) is 85.2 cm³/mol. The monoisotopic (exact) mass is 296 g/mol. The van der Waals surface area contributed by atoms with Gasteiger partial charge in [-0.3, -0.25) is 0 Å². The second kappa shape index (κ2) is 5.03. The minimum atomic E-state index is -0.181. The van der Waals surface area contributed by atoms with Crippen molar-refractivity contribution >= 4 is 0 Å². The average molecular weight is 296 g/mol. The Kier molecular flexibility index (Phi) is 3.12. The number of rotatable bonds is 4. The van der Waals surface area contributed by atoms with Crippen molar-refractivity contribution in [1.82, 2.24) is 0 Å². The van der Waals surface area contributed by atoms with E-state index >= 15 is 0 Å². The molecule has 3 heteroatoms. The number of ether oxygens (including phenoxy) is 3. The molecule has 0 bridgehead atoms. The van der Waals surface area contributed by atoms with Crippen molar-refractivity contribution in [1.29, 1.82) is 0 Å². The summed E-state index contributed by atoms with van der Waals surface area (Å²) in [5, 5.41) is 0. The van der Waals surface area contributed by atoms with E-state index in [1.54, 1.807) is 7.11 Å². The molecule has 0 amide bonds. The van der Waals surface area contributed by atoms with Gasteiger partial charge in [-0.05, 0) is 37.5 Å². The fourth-order valence-electron chi connectivity index (χ4n) is 3.82. The first-order valence-electron chi connectivity index (χ1n) is 7.77. The Balaban J connectivity index is 1.92. The molecule has 114 valence electrons. The zero-order chi connectivity index (χ0) is 15.2. The molecule has 1 aromatic carbocycles. The SMILES string of the molecule is C=CCC1(C2=CC=CCC2)c2cc(OC)ccc2O[C@H]2OC21. The van der Waals surface area contributed by atoms with Gasteiger partial charge in [-0.15, -0.1) is 6.58 Å². The largest absolute Gasteiger partial charge is 0.497 e. The highest BCUT2D eigenvalue weighted by Gasteiger charge is 2.62. The van der Waals surface area contributed by atoms with Crippen LogP contribution in [-0.2, 0) is 10.2 Å². The maximum Gasteiger partial charge on any atom is 0.228 e. The maximum atomic E-state index is 5.94. The van der Waals surface area contributed by atoms with Crippen LogP contribution < -0.4 is 9.47 Å². The van der Waals surface area contributed by atoms with E-state index in [1.165, 1.54) is 5.57 Å². The molecule has 0 spiro atoms. The average Bonchev–Trinajstić information content (AvgIpc) is 3.35. The highest BCUT2D eigenvalue weighted by atomic mass is 16.8. The van der Waals surface area contributed by atoms with Crippen molar-refractivity contribution in [2.75, 3.05) is 7.11 Å². The topological polar surface area (TPSA) is 31.0 Å². The van der Waals surface area contributed by atoms with Crippen LogP contribution in [0.3, 0.4) is 0 Å². The Hall–Kier alpha value is -2.00. The fraction of sp³-hybridized carbons (Fsp3) is 0.368. The van der Waals surface area contributed by atoms with Crippen molar-refractivity contribution in [3.05, 3.63) is 60.2 Å². The molecule has 1 fully saturated rings. The summed E-state index contributed by atoms with van der Waals surface area (Å²) in [6.45, 7) is 3.99. The summed E-state index contributed by atoms with van der Waals surface area (Å²) in [6.07, 6.45) is 11.5. The highest BCUT2D eigenvalue weighted by molar-refractivity contribution is 5.55. The first-order chi connectivity index (χ1) is 10.8. The van der Waals surface area contributed by atoms with Crippen molar-refractivity contribution in [2.45, 2.75) is 37.1 Å². The lowest BCUT2D eigenvalue weighted by molar-refractivity contribution is 0.178. The van der Waals surface area contributed by atoms with Crippen LogP contribution in [0.25, 0.3) is 0 Å². The molecule has 2 heterocycles. The van der Waals surface area contributed by atoms with Gasteiger partial charge in [-0.25, -0.2) is 0 Å². The summed E-state index contributed by atoms with van der Waals surface area (Å²) in [5.74, 6) is 1.75. The molecule has 3 aliphatic rings. The van der Waals surface area contributed by atoms with Crippen molar-refractivity contribution in [3.8, 4) is 11.5 Å². The molecule has 3 nitrogen and oxygen atoms in total. The van der Waals surface area contributed by atoms with Gasteiger partial charge in [0.25, 0.3) is 0 Å². The van der Waals surface area contributed by atoms with Crippen LogP contribution in [-0.4, -0.2) is 19.5 Å². The summed E-state index contributed by atoms with van der Waals surface area (Å²) in [4.78, 5) is 0. The molecular weight excluding hydrogens is 276 g/mol. The van der Waals surface area contributed by atoms with Gasteiger partial charge in [0.1, 0.15) is 17.6 Å². The zero-order valence-corrected chi connectivity index (χ0v) is 12.7. The lowest BCUT2D eigenvalue weighted by atomic mass is 9.66. The molecular formula is C19H20O3. The third kappa shape index (κ3) is 1.85. The van der Waals surface area contributed by atoms with Gasteiger partial charge in [-0.1, -0.05) is 29.9 Å². The molecule has 2 unspecified atom stereocenters. The Bertz CT molecular complexity index is 673. The zero-order valence-electron chi connectivity index (χ0n) is 12.7. The Labute approximate surface area is 130 Å².